The van der Waals surface area contributed by atoms with E-state index in [9.17, 15) is 13.6 Å². The Bertz CT molecular complexity index is 648. The normalized spacial score (nSPS) is 10.9. The predicted molar refractivity (Wildman–Crippen MR) is 75.0 cm³/mol. The van der Waals surface area contributed by atoms with Crippen molar-refractivity contribution in [3.8, 4) is 0 Å². The number of hydrogen-bond donors (Lipinski definition) is 1. The van der Waals surface area contributed by atoms with E-state index >= 15 is 0 Å². The van der Waals surface area contributed by atoms with Crippen LogP contribution >= 0.6 is 0 Å². The van der Waals surface area contributed by atoms with Crippen molar-refractivity contribution in [2.75, 3.05) is 5.73 Å². The Labute approximate surface area is 115 Å². The second-order valence-corrected chi connectivity index (χ2v) is 4.36. The van der Waals surface area contributed by atoms with E-state index in [4.69, 9.17) is 5.73 Å². The monoisotopic (exact) mass is 273 g/mol. The summed E-state index contributed by atoms with van der Waals surface area (Å²) >= 11 is 0. The van der Waals surface area contributed by atoms with E-state index in [-0.39, 0.29) is 17.8 Å². The summed E-state index contributed by atoms with van der Waals surface area (Å²) in [7, 11) is 0. The van der Waals surface area contributed by atoms with E-state index in [0.717, 1.165) is 11.6 Å². The van der Waals surface area contributed by atoms with Crippen LogP contribution in [0, 0.1) is 11.6 Å². The highest BCUT2D eigenvalue weighted by atomic mass is 19.2. The third-order valence-electron chi connectivity index (χ3n) is 2.79. The van der Waals surface area contributed by atoms with Crippen LogP contribution < -0.4 is 5.73 Å². The molecular weight excluding hydrogens is 260 g/mol. The molecule has 2 N–H and O–H groups in total. The molecule has 0 aliphatic rings. The molecule has 2 aromatic carbocycles. The number of allylic oxidation sites excluding steroid dienone is 1. The highest BCUT2D eigenvalue weighted by Crippen LogP contribution is 2.13. The Balaban J connectivity index is 2.05. The van der Waals surface area contributed by atoms with Crippen LogP contribution in [-0.2, 0) is 11.2 Å². The lowest BCUT2D eigenvalue weighted by atomic mass is 10.1. The first-order chi connectivity index (χ1) is 9.56. The Kier molecular flexibility index (Phi) is 4.25. The zero-order valence-corrected chi connectivity index (χ0v) is 10.6. The van der Waals surface area contributed by atoms with Gasteiger partial charge in [-0.1, -0.05) is 30.3 Å². The summed E-state index contributed by atoms with van der Waals surface area (Å²) in [4.78, 5) is 11.7. The number of rotatable bonds is 4. The van der Waals surface area contributed by atoms with Gasteiger partial charge in [-0.2, -0.15) is 0 Å². The molecule has 0 spiro atoms. The first-order valence-electron chi connectivity index (χ1n) is 6.05. The number of nitrogens with two attached hydrogens (primary N) is 1. The quantitative estimate of drug-likeness (QED) is 0.685. The van der Waals surface area contributed by atoms with Gasteiger partial charge in [-0.3, -0.25) is 4.79 Å². The highest BCUT2D eigenvalue weighted by Gasteiger charge is 2.09. The van der Waals surface area contributed by atoms with E-state index < -0.39 is 11.6 Å². The van der Waals surface area contributed by atoms with Crippen LogP contribution in [0.2, 0.25) is 0 Å². The van der Waals surface area contributed by atoms with Crippen molar-refractivity contribution in [2.24, 2.45) is 0 Å². The summed E-state index contributed by atoms with van der Waals surface area (Å²) in [6, 6.07) is 10.8. The van der Waals surface area contributed by atoms with Crippen molar-refractivity contribution < 1.29 is 13.6 Å². The molecule has 0 saturated heterocycles. The molecule has 0 radical (unpaired) electrons. The Morgan fingerprint density at radius 1 is 1.10 bits per heavy atom. The number of carbonyl (C=O) groups is 1. The van der Waals surface area contributed by atoms with Gasteiger partial charge in [0.15, 0.2) is 17.4 Å². The summed E-state index contributed by atoms with van der Waals surface area (Å²) in [5.74, 6) is -2.22. The molecule has 0 heterocycles. The van der Waals surface area contributed by atoms with Gasteiger partial charge in [-0.05, 0) is 35.4 Å². The molecule has 0 unspecified atom stereocenters. The van der Waals surface area contributed by atoms with E-state index in [1.165, 1.54) is 18.2 Å². The highest BCUT2D eigenvalue weighted by molar-refractivity contribution is 5.95. The number of hydrogen-bond acceptors (Lipinski definition) is 2. The van der Waals surface area contributed by atoms with Crippen LogP contribution in [-0.4, -0.2) is 5.78 Å². The number of nitrogen functional groups attached to an aromatic ring is 1. The zero-order chi connectivity index (χ0) is 14.5. The first kappa shape index (κ1) is 13.9. The van der Waals surface area contributed by atoms with Gasteiger partial charge < -0.3 is 5.73 Å². The molecule has 0 atom stereocenters. The van der Waals surface area contributed by atoms with E-state index in [2.05, 4.69) is 0 Å². The molecular formula is C16H13F2NO. The Hall–Kier alpha value is -2.49. The maximum Gasteiger partial charge on any atom is 0.162 e. The molecule has 2 rings (SSSR count). The van der Waals surface area contributed by atoms with Gasteiger partial charge in [0.05, 0.1) is 0 Å². The maximum atomic E-state index is 13.4. The molecule has 0 aliphatic carbocycles. The van der Waals surface area contributed by atoms with Gasteiger partial charge in [-0.25, -0.2) is 8.78 Å². The van der Waals surface area contributed by atoms with E-state index in [0.29, 0.717) is 5.69 Å². The van der Waals surface area contributed by atoms with Gasteiger partial charge in [-0.15, -0.1) is 0 Å². The topological polar surface area (TPSA) is 43.1 Å². The molecule has 2 aromatic rings. The summed E-state index contributed by atoms with van der Waals surface area (Å²) < 4.78 is 26.4. The number of carbonyl (C=O) groups excluding carboxylic acids is 1. The largest absolute Gasteiger partial charge is 0.399 e. The fraction of sp³-hybridized carbons (Fsp3) is 0.0625. The molecule has 0 saturated carbocycles. The summed E-state index contributed by atoms with van der Waals surface area (Å²) in [6.07, 6.45) is 2.78. The fourth-order valence-corrected chi connectivity index (χ4v) is 1.73. The zero-order valence-electron chi connectivity index (χ0n) is 10.6. The second kappa shape index (κ2) is 6.10. The minimum Gasteiger partial charge on any atom is -0.399 e. The average molecular weight is 273 g/mol. The molecule has 0 amide bonds. The minimum atomic E-state index is -0.971. The summed E-state index contributed by atoms with van der Waals surface area (Å²) in [6.45, 7) is 0. The maximum absolute atomic E-state index is 13.4. The van der Waals surface area contributed by atoms with Crippen molar-refractivity contribution >= 4 is 17.5 Å². The molecule has 20 heavy (non-hydrogen) atoms. The van der Waals surface area contributed by atoms with Crippen LogP contribution in [0.1, 0.15) is 11.1 Å². The van der Waals surface area contributed by atoms with Gasteiger partial charge >= 0.3 is 0 Å². The molecule has 0 aliphatic heterocycles. The van der Waals surface area contributed by atoms with Crippen molar-refractivity contribution in [1.82, 2.24) is 0 Å². The third-order valence-corrected chi connectivity index (χ3v) is 2.79. The number of halogens is 2. The summed E-state index contributed by atoms with van der Waals surface area (Å²) in [5.41, 5.74) is 7.05. The van der Waals surface area contributed by atoms with Crippen LogP contribution in [0.15, 0.2) is 48.5 Å². The van der Waals surface area contributed by atoms with Crippen molar-refractivity contribution in [1.29, 1.82) is 0 Å². The Morgan fingerprint density at radius 3 is 2.50 bits per heavy atom. The SMILES string of the molecule is Nc1ccc(/C=C/C(=O)Cc2cccc(F)c2F)cc1. The molecule has 2 nitrogen and oxygen atoms in total. The summed E-state index contributed by atoms with van der Waals surface area (Å²) in [5, 5.41) is 0. The smallest absolute Gasteiger partial charge is 0.162 e. The predicted octanol–water partition coefficient (Wildman–Crippen LogP) is 3.37. The lowest BCUT2D eigenvalue weighted by molar-refractivity contribution is -0.114. The molecule has 4 heteroatoms. The molecule has 0 aromatic heterocycles. The van der Waals surface area contributed by atoms with Crippen LogP contribution in [0.25, 0.3) is 6.08 Å². The molecule has 102 valence electrons. The van der Waals surface area contributed by atoms with Crippen molar-refractivity contribution in [2.45, 2.75) is 6.42 Å². The van der Waals surface area contributed by atoms with Crippen LogP contribution in [0.3, 0.4) is 0 Å². The van der Waals surface area contributed by atoms with Crippen molar-refractivity contribution in [3.63, 3.8) is 0 Å². The van der Waals surface area contributed by atoms with Crippen molar-refractivity contribution in [3.05, 3.63) is 71.3 Å². The minimum absolute atomic E-state index is 0.0527. The van der Waals surface area contributed by atoms with E-state index in [1.54, 1.807) is 30.3 Å². The number of anilines is 1. The second-order valence-electron chi connectivity index (χ2n) is 4.36. The first-order valence-corrected chi connectivity index (χ1v) is 6.05. The van der Waals surface area contributed by atoms with Gasteiger partial charge in [0.25, 0.3) is 0 Å². The number of ketones is 1. The van der Waals surface area contributed by atoms with Gasteiger partial charge in [0.2, 0.25) is 0 Å². The fourth-order valence-electron chi connectivity index (χ4n) is 1.73. The Morgan fingerprint density at radius 2 is 1.80 bits per heavy atom. The lowest BCUT2D eigenvalue weighted by Crippen LogP contribution is -2.02. The van der Waals surface area contributed by atoms with Crippen LogP contribution in [0.4, 0.5) is 14.5 Å². The number of benzene rings is 2. The lowest BCUT2D eigenvalue weighted by Gasteiger charge is -2.01. The average Bonchev–Trinajstić information content (AvgIpc) is 2.43. The van der Waals surface area contributed by atoms with Gasteiger partial charge in [0, 0.05) is 12.1 Å². The standard InChI is InChI=1S/C16H13F2NO/c17-15-3-1-2-12(16(15)18)10-14(20)9-6-11-4-7-13(19)8-5-11/h1-9H,10,19H2/b9-6+. The molecule has 0 fully saturated rings. The van der Waals surface area contributed by atoms with Crippen LogP contribution in [0.5, 0.6) is 0 Å². The molecule has 0 bridgehead atoms. The van der Waals surface area contributed by atoms with Gasteiger partial charge in [0.1, 0.15) is 0 Å². The van der Waals surface area contributed by atoms with E-state index in [1.807, 2.05) is 0 Å². The third kappa shape index (κ3) is 3.51.